The summed E-state index contributed by atoms with van der Waals surface area (Å²) in [5.74, 6) is 1.37. The standard InChI is InChI=1S/C12H14BrClO2/c13-11-6-9(7-14)3-4-12(11)16-8-10-2-1-5-15-10/h3-4,6,10H,1-2,5,7-8H2. The van der Waals surface area contributed by atoms with E-state index in [1.54, 1.807) is 0 Å². The molecule has 0 radical (unpaired) electrons. The van der Waals surface area contributed by atoms with E-state index in [9.17, 15) is 0 Å². The van der Waals surface area contributed by atoms with E-state index in [0.717, 1.165) is 35.2 Å². The summed E-state index contributed by atoms with van der Waals surface area (Å²) in [7, 11) is 0. The minimum Gasteiger partial charge on any atom is -0.490 e. The molecule has 0 saturated carbocycles. The molecule has 1 saturated heterocycles. The molecule has 1 aliphatic rings. The Balaban J connectivity index is 1.93. The van der Waals surface area contributed by atoms with Crippen LogP contribution in [0.4, 0.5) is 0 Å². The summed E-state index contributed by atoms with van der Waals surface area (Å²) in [5.41, 5.74) is 1.08. The largest absolute Gasteiger partial charge is 0.490 e. The topological polar surface area (TPSA) is 18.5 Å². The number of halogens is 2. The van der Waals surface area contributed by atoms with Crippen molar-refractivity contribution >= 4 is 27.5 Å². The van der Waals surface area contributed by atoms with Crippen LogP contribution in [-0.2, 0) is 10.6 Å². The molecule has 1 aliphatic heterocycles. The van der Waals surface area contributed by atoms with E-state index in [-0.39, 0.29) is 6.10 Å². The van der Waals surface area contributed by atoms with E-state index in [1.165, 1.54) is 0 Å². The third-order valence-corrected chi connectivity index (χ3v) is 3.53. The number of benzene rings is 1. The van der Waals surface area contributed by atoms with Gasteiger partial charge < -0.3 is 9.47 Å². The van der Waals surface area contributed by atoms with Crippen LogP contribution in [0, 0.1) is 0 Å². The second-order valence-electron chi connectivity index (χ2n) is 3.84. The monoisotopic (exact) mass is 304 g/mol. The predicted molar refractivity (Wildman–Crippen MR) is 68.2 cm³/mol. The van der Waals surface area contributed by atoms with Crippen molar-refractivity contribution in [2.24, 2.45) is 0 Å². The first kappa shape index (κ1) is 12.2. The summed E-state index contributed by atoms with van der Waals surface area (Å²) in [6.45, 7) is 1.49. The minimum absolute atomic E-state index is 0.250. The lowest BCUT2D eigenvalue weighted by Gasteiger charge is -2.13. The fourth-order valence-electron chi connectivity index (χ4n) is 1.70. The first-order valence-electron chi connectivity index (χ1n) is 5.38. The Labute approximate surface area is 109 Å². The van der Waals surface area contributed by atoms with Gasteiger partial charge >= 0.3 is 0 Å². The number of ether oxygens (including phenoxy) is 2. The van der Waals surface area contributed by atoms with Gasteiger partial charge in [0.15, 0.2) is 0 Å². The molecular weight excluding hydrogens is 291 g/mol. The van der Waals surface area contributed by atoms with Gasteiger partial charge in [-0.2, -0.15) is 0 Å². The van der Waals surface area contributed by atoms with E-state index in [1.807, 2.05) is 18.2 Å². The Morgan fingerprint density at radius 2 is 2.38 bits per heavy atom. The van der Waals surface area contributed by atoms with E-state index in [0.29, 0.717) is 12.5 Å². The predicted octanol–water partition coefficient (Wildman–Crippen LogP) is 3.75. The van der Waals surface area contributed by atoms with Gasteiger partial charge in [-0.1, -0.05) is 6.07 Å². The van der Waals surface area contributed by atoms with Crippen LogP contribution in [0.2, 0.25) is 0 Å². The van der Waals surface area contributed by atoms with Crippen LogP contribution in [0.1, 0.15) is 18.4 Å². The summed E-state index contributed by atoms with van der Waals surface area (Å²) in [6.07, 6.45) is 2.48. The van der Waals surface area contributed by atoms with Crippen molar-refractivity contribution in [1.82, 2.24) is 0 Å². The summed E-state index contributed by atoms with van der Waals surface area (Å²) >= 11 is 9.22. The highest BCUT2D eigenvalue weighted by atomic mass is 79.9. The van der Waals surface area contributed by atoms with Crippen molar-refractivity contribution in [3.63, 3.8) is 0 Å². The van der Waals surface area contributed by atoms with Crippen LogP contribution >= 0.6 is 27.5 Å². The molecule has 4 heteroatoms. The smallest absolute Gasteiger partial charge is 0.133 e. The number of rotatable bonds is 4. The van der Waals surface area contributed by atoms with Crippen molar-refractivity contribution in [3.05, 3.63) is 28.2 Å². The van der Waals surface area contributed by atoms with Gasteiger partial charge in [0.05, 0.1) is 10.6 Å². The molecule has 0 spiro atoms. The molecule has 1 unspecified atom stereocenters. The highest BCUT2D eigenvalue weighted by Crippen LogP contribution is 2.27. The Hall–Kier alpha value is -0.250. The molecule has 1 fully saturated rings. The summed E-state index contributed by atoms with van der Waals surface area (Å²) in [6, 6.07) is 5.90. The SMILES string of the molecule is ClCc1ccc(OCC2CCCO2)c(Br)c1. The third-order valence-electron chi connectivity index (χ3n) is 2.60. The molecular formula is C12H14BrClO2. The summed E-state index contributed by atoms with van der Waals surface area (Å²) < 4.78 is 12.2. The molecule has 0 amide bonds. The van der Waals surface area contributed by atoms with Crippen LogP contribution in [0.3, 0.4) is 0 Å². The van der Waals surface area contributed by atoms with Gasteiger partial charge in [0, 0.05) is 12.5 Å². The molecule has 0 N–H and O–H groups in total. The van der Waals surface area contributed by atoms with Gasteiger partial charge in [-0.05, 0) is 46.5 Å². The van der Waals surface area contributed by atoms with Crippen molar-refractivity contribution in [1.29, 1.82) is 0 Å². The molecule has 16 heavy (non-hydrogen) atoms. The summed E-state index contributed by atoms with van der Waals surface area (Å²) in [4.78, 5) is 0. The van der Waals surface area contributed by atoms with Crippen LogP contribution in [0.25, 0.3) is 0 Å². The molecule has 2 rings (SSSR count). The Morgan fingerprint density at radius 3 is 3.00 bits per heavy atom. The maximum atomic E-state index is 5.75. The van der Waals surface area contributed by atoms with Gasteiger partial charge in [-0.25, -0.2) is 0 Å². The zero-order chi connectivity index (χ0) is 11.4. The van der Waals surface area contributed by atoms with Crippen molar-refractivity contribution < 1.29 is 9.47 Å². The maximum absolute atomic E-state index is 5.75. The molecule has 0 aliphatic carbocycles. The highest BCUT2D eigenvalue weighted by molar-refractivity contribution is 9.10. The second kappa shape index (κ2) is 5.89. The van der Waals surface area contributed by atoms with Crippen LogP contribution in [0.15, 0.2) is 22.7 Å². The van der Waals surface area contributed by atoms with Gasteiger partial charge in [0.1, 0.15) is 12.4 Å². The van der Waals surface area contributed by atoms with Crippen LogP contribution in [0.5, 0.6) is 5.75 Å². The Bertz CT molecular complexity index is 351. The summed E-state index contributed by atoms with van der Waals surface area (Å²) in [5, 5.41) is 0. The zero-order valence-corrected chi connectivity index (χ0v) is 11.3. The van der Waals surface area contributed by atoms with Crippen molar-refractivity contribution in [2.45, 2.75) is 24.8 Å². The van der Waals surface area contributed by atoms with E-state index in [4.69, 9.17) is 21.1 Å². The molecule has 1 heterocycles. The van der Waals surface area contributed by atoms with Gasteiger partial charge in [0.2, 0.25) is 0 Å². The fourth-order valence-corrected chi connectivity index (χ4v) is 2.41. The zero-order valence-electron chi connectivity index (χ0n) is 8.92. The molecule has 88 valence electrons. The second-order valence-corrected chi connectivity index (χ2v) is 4.97. The van der Waals surface area contributed by atoms with E-state index >= 15 is 0 Å². The van der Waals surface area contributed by atoms with Gasteiger partial charge in [0.25, 0.3) is 0 Å². The molecule has 0 bridgehead atoms. The molecule has 0 aromatic heterocycles. The number of alkyl halides is 1. The van der Waals surface area contributed by atoms with Crippen LogP contribution in [-0.4, -0.2) is 19.3 Å². The fraction of sp³-hybridized carbons (Fsp3) is 0.500. The van der Waals surface area contributed by atoms with Crippen LogP contribution < -0.4 is 4.74 Å². The third kappa shape index (κ3) is 3.12. The first-order chi connectivity index (χ1) is 7.79. The minimum atomic E-state index is 0.250. The van der Waals surface area contributed by atoms with Gasteiger partial charge in [-0.3, -0.25) is 0 Å². The first-order valence-corrected chi connectivity index (χ1v) is 6.71. The quantitative estimate of drug-likeness (QED) is 0.789. The maximum Gasteiger partial charge on any atom is 0.133 e. The number of hydrogen-bond acceptors (Lipinski definition) is 2. The lowest BCUT2D eigenvalue weighted by atomic mass is 10.2. The van der Waals surface area contributed by atoms with E-state index in [2.05, 4.69) is 15.9 Å². The Morgan fingerprint density at radius 1 is 1.50 bits per heavy atom. The molecule has 2 nitrogen and oxygen atoms in total. The lowest BCUT2D eigenvalue weighted by molar-refractivity contribution is 0.0677. The van der Waals surface area contributed by atoms with Gasteiger partial charge in [-0.15, -0.1) is 11.6 Å². The molecule has 1 aromatic carbocycles. The lowest BCUT2D eigenvalue weighted by Crippen LogP contribution is -2.16. The number of hydrogen-bond donors (Lipinski definition) is 0. The van der Waals surface area contributed by atoms with Crippen molar-refractivity contribution in [3.8, 4) is 5.75 Å². The average Bonchev–Trinajstić information content (AvgIpc) is 2.80. The highest BCUT2D eigenvalue weighted by Gasteiger charge is 2.16. The Kier molecular flexibility index (Phi) is 4.50. The van der Waals surface area contributed by atoms with Crippen molar-refractivity contribution in [2.75, 3.05) is 13.2 Å². The molecule has 1 aromatic rings. The average molecular weight is 306 g/mol. The normalized spacial score (nSPS) is 20.0. The van der Waals surface area contributed by atoms with E-state index < -0.39 is 0 Å². The molecule has 1 atom stereocenters.